The average Bonchev–Trinajstić information content (AvgIpc) is 3.09. The minimum atomic E-state index is -0.865. The first-order valence-electron chi connectivity index (χ1n) is 8.74. The summed E-state index contributed by atoms with van der Waals surface area (Å²) in [6, 6.07) is 0. The van der Waals surface area contributed by atoms with Crippen LogP contribution in [0.25, 0.3) is 0 Å². The quantitative estimate of drug-likeness (QED) is 0.550. The zero-order valence-corrected chi connectivity index (χ0v) is 15.3. The number of carbonyl (C=O) groups excluding carboxylic acids is 2. The number of rotatable bonds is 6. The van der Waals surface area contributed by atoms with E-state index in [1.54, 1.807) is 0 Å². The molecule has 1 fully saturated rings. The van der Waals surface area contributed by atoms with Gasteiger partial charge in [0.2, 0.25) is 0 Å². The Balaban J connectivity index is 2.90. The van der Waals surface area contributed by atoms with E-state index in [1.807, 2.05) is 13.8 Å². The van der Waals surface area contributed by atoms with Crippen LogP contribution in [-0.4, -0.2) is 26.2 Å². The lowest BCUT2D eigenvalue weighted by Gasteiger charge is -2.54. The maximum absolute atomic E-state index is 13.1. The average molecular weight is 322 g/mol. The first kappa shape index (κ1) is 18.0. The van der Waals surface area contributed by atoms with Gasteiger partial charge in [-0.05, 0) is 32.1 Å². The van der Waals surface area contributed by atoms with Gasteiger partial charge in [0.05, 0.1) is 25.0 Å². The molecule has 0 spiro atoms. The fraction of sp³-hybridized carbons (Fsp3) is 0.789. The molecule has 2 rings (SSSR count). The molecule has 0 aromatic heterocycles. The van der Waals surface area contributed by atoms with Crippen molar-refractivity contribution >= 4 is 11.9 Å². The van der Waals surface area contributed by atoms with Crippen molar-refractivity contribution in [3.8, 4) is 0 Å². The molecule has 0 N–H and O–H groups in total. The van der Waals surface area contributed by atoms with Gasteiger partial charge in [-0.2, -0.15) is 0 Å². The fourth-order valence-electron chi connectivity index (χ4n) is 6.23. The van der Waals surface area contributed by atoms with Crippen LogP contribution in [0.1, 0.15) is 59.8 Å². The molecular weight excluding hydrogens is 292 g/mol. The van der Waals surface area contributed by atoms with Gasteiger partial charge in [-0.25, -0.2) is 0 Å². The molecule has 0 heterocycles. The minimum Gasteiger partial charge on any atom is -0.469 e. The lowest BCUT2D eigenvalue weighted by molar-refractivity contribution is -0.192. The van der Waals surface area contributed by atoms with Crippen LogP contribution >= 0.6 is 0 Å². The second kappa shape index (κ2) is 5.64. The van der Waals surface area contributed by atoms with Gasteiger partial charge in [0.1, 0.15) is 0 Å². The minimum absolute atomic E-state index is 0.270. The molecule has 0 saturated heterocycles. The number of hydrogen-bond donors (Lipinski definition) is 0. The second-order valence-corrected chi connectivity index (χ2v) is 7.03. The van der Waals surface area contributed by atoms with Crippen molar-refractivity contribution in [2.75, 3.05) is 14.2 Å². The number of carbonyl (C=O) groups is 2. The summed E-state index contributed by atoms with van der Waals surface area (Å²) in [6.07, 6.45) is 7.96. The molecule has 130 valence electrons. The second-order valence-electron chi connectivity index (χ2n) is 7.03. The first-order valence-corrected chi connectivity index (χ1v) is 8.74. The van der Waals surface area contributed by atoms with Crippen LogP contribution in [-0.2, 0) is 19.1 Å². The number of fused-ring (bicyclic) bond motifs is 2. The number of esters is 2. The van der Waals surface area contributed by atoms with Crippen LogP contribution in [0, 0.1) is 21.7 Å². The van der Waals surface area contributed by atoms with Gasteiger partial charge >= 0.3 is 11.9 Å². The molecule has 23 heavy (non-hydrogen) atoms. The van der Waals surface area contributed by atoms with Crippen LogP contribution in [0.2, 0.25) is 0 Å². The summed E-state index contributed by atoms with van der Waals surface area (Å²) in [6.45, 7) is 8.21. The van der Waals surface area contributed by atoms with Gasteiger partial charge in [0, 0.05) is 10.8 Å². The van der Waals surface area contributed by atoms with E-state index in [4.69, 9.17) is 9.47 Å². The Kier molecular flexibility index (Phi) is 4.42. The molecule has 0 radical (unpaired) electrons. The summed E-state index contributed by atoms with van der Waals surface area (Å²) >= 11 is 0. The van der Waals surface area contributed by atoms with E-state index in [0.29, 0.717) is 12.8 Å². The van der Waals surface area contributed by atoms with Crippen molar-refractivity contribution in [1.82, 2.24) is 0 Å². The SMILES string of the molecule is CCC12C=CC(CC)(C1)C(CC)(C(=O)OC)C2(CC)C(=O)OC. The van der Waals surface area contributed by atoms with Crippen LogP contribution in [0.4, 0.5) is 0 Å². The Morgan fingerprint density at radius 2 is 1.13 bits per heavy atom. The lowest BCUT2D eigenvalue weighted by atomic mass is 9.47. The molecule has 4 nitrogen and oxygen atoms in total. The van der Waals surface area contributed by atoms with Crippen molar-refractivity contribution in [2.45, 2.75) is 59.8 Å². The molecule has 2 bridgehead atoms. The largest absolute Gasteiger partial charge is 0.469 e. The highest BCUT2D eigenvalue weighted by Gasteiger charge is 2.82. The van der Waals surface area contributed by atoms with Gasteiger partial charge in [-0.3, -0.25) is 9.59 Å². The monoisotopic (exact) mass is 322 g/mol. The van der Waals surface area contributed by atoms with Gasteiger partial charge < -0.3 is 9.47 Å². The predicted molar refractivity (Wildman–Crippen MR) is 88.7 cm³/mol. The van der Waals surface area contributed by atoms with Gasteiger partial charge in [-0.15, -0.1) is 0 Å². The van der Waals surface area contributed by atoms with Gasteiger partial charge in [0.25, 0.3) is 0 Å². The maximum Gasteiger partial charge on any atom is 0.313 e. The zero-order valence-electron chi connectivity index (χ0n) is 15.3. The number of methoxy groups -OCH3 is 2. The van der Waals surface area contributed by atoms with Crippen LogP contribution in [0.15, 0.2) is 12.2 Å². The van der Waals surface area contributed by atoms with Crippen molar-refractivity contribution in [1.29, 1.82) is 0 Å². The van der Waals surface area contributed by atoms with E-state index in [9.17, 15) is 9.59 Å². The Hall–Kier alpha value is -1.32. The molecular formula is C19H30O4. The summed E-state index contributed by atoms with van der Waals surface area (Å²) < 4.78 is 10.5. The van der Waals surface area contributed by atoms with Crippen LogP contribution in [0.3, 0.4) is 0 Å². The number of ether oxygens (including phenoxy) is 2. The topological polar surface area (TPSA) is 52.6 Å². The molecule has 2 aliphatic carbocycles. The lowest BCUT2D eigenvalue weighted by Crippen LogP contribution is -2.61. The molecule has 0 aromatic carbocycles. The normalized spacial score (nSPS) is 41.1. The number of hydrogen-bond acceptors (Lipinski definition) is 4. The van der Waals surface area contributed by atoms with Gasteiger partial charge in [0.15, 0.2) is 0 Å². The summed E-state index contributed by atoms with van der Waals surface area (Å²) in [7, 11) is 2.85. The molecule has 0 aliphatic heterocycles. The summed E-state index contributed by atoms with van der Waals surface area (Å²) in [4.78, 5) is 26.2. The summed E-state index contributed by atoms with van der Waals surface area (Å²) in [5, 5.41) is 0. The standard InChI is InChI=1S/C19H30O4/c1-7-16-11-12-17(8-2,13-16)19(10-4,15(21)23-6)18(16,9-3)14(20)22-5/h11-12H,7-10,13H2,1-6H3. The van der Waals surface area contributed by atoms with Crippen molar-refractivity contribution in [2.24, 2.45) is 21.7 Å². The molecule has 0 amide bonds. The van der Waals surface area contributed by atoms with E-state index in [-0.39, 0.29) is 22.8 Å². The third-order valence-electron chi connectivity index (χ3n) is 7.17. The van der Waals surface area contributed by atoms with Crippen molar-refractivity contribution in [3.63, 3.8) is 0 Å². The third kappa shape index (κ3) is 1.62. The summed E-state index contributed by atoms with van der Waals surface area (Å²) in [5.74, 6) is -0.539. The van der Waals surface area contributed by atoms with E-state index in [0.717, 1.165) is 19.3 Å². The molecule has 4 heteroatoms. The molecule has 0 aromatic rings. The van der Waals surface area contributed by atoms with Gasteiger partial charge in [-0.1, -0.05) is 39.8 Å². The molecule has 4 unspecified atom stereocenters. The maximum atomic E-state index is 13.1. The van der Waals surface area contributed by atoms with E-state index in [2.05, 4.69) is 26.0 Å². The fourth-order valence-corrected chi connectivity index (χ4v) is 6.23. The molecule has 4 atom stereocenters. The Bertz CT molecular complexity index is 493. The zero-order chi connectivity index (χ0) is 17.5. The first-order chi connectivity index (χ1) is 10.9. The predicted octanol–water partition coefficient (Wildman–Crippen LogP) is 3.89. The van der Waals surface area contributed by atoms with Crippen molar-refractivity contribution in [3.05, 3.63) is 12.2 Å². The van der Waals surface area contributed by atoms with Crippen LogP contribution < -0.4 is 0 Å². The highest BCUT2D eigenvalue weighted by Crippen LogP contribution is 2.79. The van der Waals surface area contributed by atoms with E-state index in [1.165, 1.54) is 14.2 Å². The smallest absolute Gasteiger partial charge is 0.313 e. The third-order valence-corrected chi connectivity index (χ3v) is 7.17. The Morgan fingerprint density at radius 3 is 1.35 bits per heavy atom. The Labute approximate surface area is 139 Å². The highest BCUT2D eigenvalue weighted by molar-refractivity contribution is 5.92. The van der Waals surface area contributed by atoms with Crippen molar-refractivity contribution < 1.29 is 19.1 Å². The van der Waals surface area contributed by atoms with E-state index >= 15 is 0 Å². The molecule has 1 saturated carbocycles. The summed E-state index contributed by atoms with van der Waals surface area (Å²) in [5.41, 5.74) is -2.41. The Morgan fingerprint density at radius 1 is 0.783 bits per heavy atom. The number of allylic oxidation sites excluding steroid dienone is 2. The van der Waals surface area contributed by atoms with E-state index < -0.39 is 10.8 Å². The highest BCUT2D eigenvalue weighted by atomic mass is 16.5. The molecule has 2 aliphatic rings. The van der Waals surface area contributed by atoms with Crippen LogP contribution in [0.5, 0.6) is 0 Å².